The van der Waals surface area contributed by atoms with Gasteiger partial charge in [-0.2, -0.15) is 0 Å². The Morgan fingerprint density at radius 3 is 1.37 bits per heavy atom. The second-order valence-corrected chi connectivity index (χ2v) is 20.3. The van der Waals surface area contributed by atoms with Crippen LogP contribution in [0.4, 0.5) is 0 Å². The highest BCUT2D eigenvalue weighted by Gasteiger charge is 2.50. The molecule has 0 aromatic rings. The molecule has 6 unspecified atom stereocenters. The van der Waals surface area contributed by atoms with Gasteiger partial charge in [0, 0.05) is 19.3 Å². The van der Waals surface area contributed by atoms with Gasteiger partial charge in [0.25, 0.3) is 0 Å². The zero-order valence-corrected chi connectivity index (χ0v) is 46.4. The van der Waals surface area contributed by atoms with Gasteiger partial charge >= 0.3 is 23.9 Å². The average Bonchev–Trinajstić information content (AvgIpc) is 3.37. The third-order valence-corrected chi connectivity index (χ3v) is 13.4. The van der Waals surface area contributed by atoms with E-state index in [1.54, 1.807) is 0 Å². The van der Waals surface area contributed by atoms with Gasteiger partial charge in [0.1, 0.15) is 18.8 Å². The van der Waals surface area contributed by atoms with Crippen molar-refractivity contribution in [3.63, 3.8) is 0 Å². The molecule has 12 nitrogen and oxygen atoms in total. The lowest BCUT2D eigenvalue weighted by Crippen LogP contribution is -2.61. The number of aliphatic hydroxyl groups is 2. The summed E-state index contributed by atoms with van der Waals surface area (Å²) in [4.78, 5) is 51.1. The number of hydrogen-bond acceptors (Lipinski definition) is 11. The summed E-state index contributed by atoms with van der Waals surface area (Å²) >= 11 is 0. The highest BCUT2D eigenvalue weighted by Crippen LogP contribution is 2.26. The van der Waals surface area contributed by atoms with Gasteiger partial charge in [0.15, 0.2) is 24.6 Å². The number of carboxylic acid groups (broad SMARTS) is 1. The maximum absolute atomic E-state index is 13.1. The topological polar surface area (TPSA) is 175 Å². The molecule has 6 atom stereocenters. The largest absolute Gasteiger partial charge is 0.479 e. The number of aliphatic carboxylic acids is 1. The van der Waals surface area contributed by atoms with E-state index >= 15 is 0 Å². The summed E-state index contributed by atoms with van der Waals surface area (Å²) in [6.07, 6.45) is 46.5. The van der Waals surface area contributed by atoms with Gasteiger partial charge in [-0.1, -0.05) is 223 Å². The molecule has 0 bridgehead atoms. The van der Waals surface area contributed by atoms with E-state index in [0.29, 0.717) is 19.3 Å². The van der Waals surface area contributed by atoms with Crippen molar-refractivity contribution in [1.82, 2.24) is 0 Å². The van der Waals surface area contributed by atoms with Crippen LogP contribution in [0.5, 0.6) is 0 Å². The number of ether oxygens (including phenoxy) is 5. The Morgan fingerprint density at radius 2 is 0.877 bits per heavy atom. The van der Waals surface area contributed by atoms with Crippen molar-refractivity contribution >= 4 is 23.9 Å². The fourth-order valence-corrected chi connectivity index (χ4v) is 8.83. The SMILES string of the molecule is CC/C=C\C/C=C\C/C=C\CCCCCCCCCC(=O)OC1C(OCC(COC(=O)CCCCCCCCCCCCCCCCC)OC(=O)CCCCCCC/C=C\CCCC)OC(C(=O)O)C(O)C1O. The molecule has 1 fully saturated rings. The molecular formula is C61H106O12. The first-order valence-corrected chi connectivity index (χ1v) is 29.6. The Bertz CT molecular complexity index is 1460. The molecule has 1 rings (SSSR count). The summed E-state index contributed by atoms with van der Waals surface area (Å²) < 4.78 is 28.4. The molecule has 12 heteroatoms. The lowest BCUT2D eigenvalue weighted by Gasteiger charge is -2.40. The standard InChI is InChI=1S/C61H106O12/c1-4-7-10-13-16-19-22-24-26-27-29-31-34-37-40-43-46-49-55(64)72-59-57(66)56(65)58(60(67)68)73-61(59)70-51-52(71-54(63)48-45-42-39-36-32-21-18-15-12-9-6-3)50-69-53(62)47-44-41-38-35-33-30-28-25-23-20-17-14-11-8-5-2/h7,10,15-16,18-19,24,26,52,56-59,61,65-66H,4-6,8-9,11-14,17,20-23,25,27-51H2,1-3H3,(H,67,68)/b10-7-,18-15-,19-16-,26-24-. The van der Waals surface area contributed by atoms with Crippen LogP contribution in [0.3, 0.4) is 0 Å². The van der Waals surface area contributed by atoms with E-state index in [9.17, 15) is 34.5 Å². The first kappa shape index (κ1) is 67.7. The van der Waals surface area contributed by atoms with Gasteiger partial charge in [-0.25, -0.2) is 4.79 Å². The van der Waals surface area contributed by atoms with E-state index in [-0.39, 0.29) is 25.9 Å². The Balaban J connectivity index is 2.67. The van der Waals surface area contributed by atoms with Crippen LogP contribution in [0.15, 0.2) is 48.6 Å². The van der Waals surface area contributed by atoms with E-state index in [4.69, 9.17) is 23.7 Å². The molecule has 73 heavy (non-hydrogen) atoms. The van der Waals surface area contributed by atoms with Crippen molar-refractivity contribution in [3.05, 3.63) is 48.6 Å². The lowest BCUT2D eigenvalue weighted by molar-refractivity contribution is -0.301. The van der Waals surface area contributed by atoms with Gasteiger partial charge in [-0.15, -0.1) is 0 Å². The minimum absolute atomic E-state index is 0.0498. The lowest BCUT2D eigenvalue weighted by atomic mass is 9.98. The molecule has 0 aromatic heterocycles. The number of carbonyl (C=O) groups excluding carboxylic acids is 3. The van der Waals surface area contributed by atoms with Crippen LogP contribution in [0, 0.1) is 0 Å². The van der Waals surface area contributed by atoms with Crippen molar-refractivity contribution in [2.24, 2.45) is 0 Å². The first-order valence-electron chi connectivity index (χ1n) is 29.6. The second-order valence-electron chi connectivity index (χ2n) is 20.3. The highest BCUT2D eigenvalue weighted by atomic mass is 16.7. The van der Waals surface area contributed by atoms with Crippen molar-refractivity contribution in [2.75, 3.05) is 13.2 Å². The fraction of sp³-hybridized carbons (Fsp3) is 0.803. The van der Waals surface area contributed by atoms with E-state index < -0.39 is 67.3 Å². The van der Waals surface area contributed by atoms with Gasteiger partial charge in [0.05, 0.1) is 6.61 Å². The van der Waals surface area contributed by atoms with Crippen molar-refractivity contribution in [3.8, 4) is 0 Å². The number of carbonyl (C=O) groups is 4. The molecule has 0 aliphatic carbocycles. The van der Waals surface area contributed by atoms with Crippen LogP contribution in [0.25, 0.3) is 0 Å². The Morgan fingerprint density at radius 1 is 0.466 bits per heavy atom. The third-order valence-electron chi connectivity index (χ3n) is 13.4. The van der Waals surface area contributed by atoms with Crippen LogP contribution < -0.4 is 0 Å². The van der Waals surface area contributed by atoms with Crippen LogP contribution in [-0.2, 0) is 42.9 Å². The molecule has 0 spiro atoms. The minimum Gasteiger partial charge on any atom is -0.479 e. The molecule has 0 amide bonds. The number of hydrogen-bond donors (Lipinski definition) is 3. The monoisotopic (exact) mass is 1030 g/mol. The fourth-order valence-electron chi connectivity index (χ4n) is 8.83. The van der Waals surface area contributed by atoms with Gasteiger partial charge < -0.3 is 39.0 Å². The first-order chi connectivity index (χ1) is 35.6. The summed E-state index contributed by atoms with van der Waals surface area (Å²) in [7, 11) is 0. The molecule has 0 saturated carbocycles. The summed E-state index contributed by atoms with van der Waals surface area (Å²) in [5.74, 6) is -3.13. The average molecular weight is 1030 g/mol. The maximum atomic E-state index is 13.1. The Hall–Kier alpha value is -3.32. The molecule has 1 aliphatic heterocycles. The van der Waals surface area contributed by atoms with E-state index in [2.05, 4.69) is 69.4 Å². The summed E-state index contributed by atoms with van der Waals surface area (Å²) in [5.41, 5.74) is 0. The summed E-state index contributed by atoms with van der Waals surface area (Å²) in [6, 6.07) is 0. The number of rotatable bonds is 50. The molecule has 1 aliphatic rings. The predicted molar refractivity (Wildman–Crippen MR) is 294 cm³/mol. The van der Waals surface area contributed by atoms with Crippen LogP contribution in [0.1, 0.15) is 265 Å². The van der Waals surface area contributed by atoms with Crippen LogP contribution in [0.2, 0.25) is 0 Å². The van der Waals surface area contributed by atoms with Crippen molar-refractivity contribution in [1.29, 1.82) is 0 Å². The number of allylic oxidation sites excluding steroid dienone is 8. The summed E-state index contributed by atoms with van der Waals surface area (Å²) in [5, 5.41) is 31.5. The Labute approximate surface area is 443 Å². The molecule has 0 aromatic carbocycles. The smallest absolute Gasteiger partial charge is 0.335 e. The number of unbranched alkanes of at least 4 members (excludes halogenated alkanes) is 28. The van der Waals surface area contributed by atoms with Crippen molar-refractivity contribution in [2.45, 2.75) is 302 Å². The molecular weight excluding hydrogens is 925 g/mol. The quantitative estimate of drug-likeness (QED) is 0.0228. The second kappa shape index (κ2) is 49.6. The van der Waals surface area contributed by atoms with Gasteiger partial charge in [-0.3, -0.25) is 14.4 Å². The van der Waals surface area contributed by atoms with Crippen LogP contribution >= 0.6 is 0 Å². The molecule has 0 radical (unpaired) electrons. The van der Waals surface area contributed by atoms with E-state index in [1.807, 2.05) is 0 Å². The highest BCUT2D eigenvalue weighted by molar-refractivity contribution is 5.74. The normalized spacial score (nSPS) is 18.6. The van der Waals surface area contributed by atoms with E-state index in [0.717, 1.165) is 122 Å². The molecule has 422 valence electrons. The van der Waals surface area contributed by atoms with Crippen LogP contribution in [-0.4, -0.2) is 89.2 Å². The minimum atomic E-state index is -1.91. The zero-order valence-electron chi connectivity index (χ0n) is 46.4. The van der Waals surface area contributed by atoms with E-state index in [1.165, 1.54) is 83.5 Å². The number of aliphatic hydroxyl groups excluding tert-OH is 2. The third kappa shape index (κ3) is 39.7. The zero-order chi connectivity index (χ0) is 53.3. The number of carboxylic acids is 1. The molecule has 1 saturated heterocycles. The molecule has 1 heterocycles. The number of esters is 3. The van der Waals surface area contributed by atoms with Gasteiger partial charge in [-0.05, 0) is 70.6 Å². The maximum Gasteiger partial charge on any atom is 0.335 e. The summed E-state index contributed by atoms with van der Waals surface area (Å²) in [6.45, 7) is 5.85. The van der Waals surface area contributed by atoms with Gasteiger partial charge in [0.2, 0.25) is 0 Å². The molecule has 3 N–H and O–H groups in total. The Kier molecular flexibility index (Phi) is 45.9. The van der Waals surface area contributed by atoms with Crippen molar-refractivity contribution < 1.29 is 58.2 Å². The predicted octanol–water partition coefficient (Wildman–Crippen LogP) is 15.0.